The Morgan fingerprint density at radius 2 is 1.71 bits per heavy atom. The van der Waals surface area contributed by atoms with Gasteiger partial charge in [-0.05, 0) is 38.1 Å². The van der Waals surface area contributed by atoms with Crippen LogP contribution in [0, 0.1) is 0 Å². The molecule has 1 fully saturated rings. The lowest BCUT2D eigenvalue weighted by Gasteiger charge is -2.24. The number of aliphatic hydroxyl groups excluding tert-OH is 6. The predicted octanol–water partition coefficient (Wildman–Crippen LogP) is -1.74. The van der Waals surface area contributed by atoms with Crippen molar-refractivity contribution in [3.05, 3.63) is 30.1 Å². The van der Waals surface area contributed by atoms with Gasteiger partial charge in [0.2, 0.25) is 0 Å². The van der Waals surface area contributed by atoms with Crippen molar-refractivity contribution < 1.29 is 30.6 Å². The second-order valence-corrected chi connectivity index (χ2v) is 5.91. The van der Waals surface area contributed by atoms with Crippen LogP contribution in [0.1, 0.15) is 24.4 Å². The highest BCUT2D eigenvalue weighted by Crippen LogP contribution is 2.29. The number of aliphatic hydroxyl groups is 6. The average molecular weight is 344 g/mol. The summed E-state index contributed by atoms with van der Waals surface area (Å²) in [6.45, 7) is -0.230. The van der Waals surface area contributed by atoms with Crippen LogP contribution in [0.15, 0.2) is 24.5 Å². The minimum absolute atomic E-state index is 0.610. The van der Waals surface area contributed by atoms with E-state index in [2.05, 4.69) is 23.0 Å². The van der Waals surface area contributed by atoms with Crippen molar-refractivity contribution in [1.82, 2.24) is 9.88 Å². The normalized spacial score (nSPS) is 23.0. The molecule has 5 atom stereocenters. The topological polar surface area (TPSA) is 138 Å². The second kappa shape index (κ2) is 10.7. The Morgan fingerprint density at radius 3 is 2.08 bits per heavy atom. The van der Waals surface area contributed by atoms with E-state index in [1.807, 2.05) is 18.5 Å². The molecule has 1 aromatic heterocycles. The first-order chi connectivity index (χ1) is 11.4. The van der Waals surface area contributed by atoms with Crippen molar-refractivity contribution in [2.45, 2.75) is 43.3 Å². The maximum absolute atomic E-state index is 8.96. The van der Waals surface area contributed by atoms with Crippen molar-refractivity contribution in [3.8, 4) is 0 Å². The zero-order chi connectivity index (χ0) is 18.1. The highest BCUT2D eigenvalue weighted by molar-refractivity contribution is 5.14. The largest absolute Gasteiger partial charge is 0.394 e. The van der Waals surface area contributed by atoms with Crippen LogP contribution in [0.4, 0.5) is 0 Å². The molecule has 1 aromatic rings. The third kappa shape index (κ3) is 6.06. The van der Waals surface area contributed by atoms with E-state index >= 15 is 0 Å². The number of hydrogen-bond acceptors (Lipinski definition) is 8. The SMILES string of the molecule is CN1CCCC1c1cccnc1.OC[C@@H](O)[C@@H](O)[C@H](O)[C@H](O)CO. The summed E-state index contributed by atoms with van der Waals surface area (Å²) in [5, 5.41) is 52.2. The zero-order valence-corrected chi connectivity index (χ0v) is 13.8. The molecule has 0 aliphatic carbocycles. The highest BCUT2D eigenvalue weighted by Gasteiger charge is 2.29. The summed E-state index contributed by atoms with van der Waals surface area (Å²) in [5.74, 6) is 0. The van der Waals surface area contributed by atoms with Gasteiger partial charge >= 0.3 is 0 Å². The molecule has 0 amide bonds. The molecule has 1 unspecified atom stereocenters. The van der Waals surface area contributed by atoms with Gasteiger partial charge < -0.3 is 30.6 Å². The first-order valence-electron chi connectivity index (χ1n) is 7.96. The van der Waals surface area contributed by atoms with Crippen LogP contribution >= 0.6 is 0 Å². The summed E-state index contributed by atoms with van der Waals surface area (Å²) < 4.78 is 0. The number of likely N-dealkylation sites (tertiary alicyclic amines) is 1. The van der Waals surface area contributed by atoms with Gasteiger partial charge in [-0.15, -0.1) is 0 Å². The van der Waals surface area contributed by atoms with E-state index in [1.165, 1.54) is 24.9 Å². The quantitative estimate of drug-likeness (QED) is 0.358. The van der Waals surface area contributed by atoms with E-state index in [1.54, 1.807) is 0 Å². The molecular formula is C16H28N2O6. The molecule has 2 rings (SSSR count). The van der Waals surface area contributed by atoms with E-state index in [-0.39, 0.29) is 0 Å². The molecule has 8 heteroatoms. The molecule has 0 radical (unpaired) electrons. The van der Waals surface area contributed by atoms with Gasteiger partial charge in [0, 0.05) is 18.4 Å². The van der Waals surface area contributed by atoms with Gasteiger partial charge in [0.05, 0.1) is 13.2 Å². The van der Waals surface area contributed by atoms with Crippen LogP contribution in [-0.4, -0.2) is 91.7 Å². The molecule has 0 spiro atoms. The van der Waals surface area contributed by atoms with Gasteiger partial charge in [0.1, 0.15) is 24.4 Å². The van der Waals surface area contributed by atoms with Crippen LogP contribution < -0.4 is 0 Å². The lowest BCUT2D eigenvalue weighted by Crippen LogP contribution is -2.46. The number of nitrogens with zero attached hydrogens (tertiary/aromatic N) is 2. The number of rotatable bonds is 6. The lowest BCUT2D eigenvalue weighted by molar-refractivity contribution is -0.123. The van der Waals surface area contributed by atoms with E-state index < -0.39 is 37.6 Å². The molecule has 1 aliphatic heterocycles. The molecule has 0 aromatic carbocycles. The molecule has 138 valence electrons. The molecule has 0 bridgehead atoms. The van der Waals surface area contributed by atoms with Crippen LogP contribution in [-0.2, 0) is 0 Å². The summed E-state index contributed by atoms with van der Waals surface area (Å²) in [4.78, 5) is 6.54. The van der Waals surface area contributed by atoms with E-state index in [4.69, 9.17) is 30.6 Å². The van der Waals surface area contributed by atoms with Crippen molar-refractivity contribution in [3.63, 3.8) is 0 Å². The summed E-state index contributed by atoms with van der Waals surface area (Å²) >= 11 is 0. The van der Waals surface area contributed by atoms with E-state index in [9.17, 15) is 0 Å². The van der Waals surface area contributed by atoms with Crippen molar-refractivity contribution in [1.29, 1.82) is 0 Å². The molecule has 0 saturated carbocycles. The highest BCUT2D eigenvalue weighted by atomic mass is 16.4. The number of aromatic nitrogens is 1. The third-order valence-electron chi connectivity index (χ3n) is 4.10. The second-order valence-electron chi connectivity index (χ2n) is 5.91. The van der Waals surface area contributed by atoms with Crippen molar-refractivity contribution >= 4 is 0 Å². The average Bonchev–Trinajstić information content (AvgIpc) is 3.06. The third-order valence-corrected chi connectivity index (χ3v) is 4.10. The Kier molecular flexibility index (Phi) is 9.30. The Hall–Kier alpha value is -1.13. The Balaban J connectivity index is 0.000000240. The van der Waals surface area contributed by atoms with Crippen LogP contribution in [0.25, 0.3) is 0 Å². The van der Waals surface area contributed by atoms with Gasteiger partial charge in [-0.3, -0.25) is 9.88 Å². The molecule has 6 N–H and O–H groups in total. The molecule has 1 aliphatic rings. The molecular weight excluding hydrogens is 316 g/mol. The molecule has 1 saturated heterocycles. The monoisotopic (exact) mass is 344 g/mol. The zero-order valence-electron chi connectivity index (χ0n) is 13.8. The van der Waals surface area contributed by atoms with E-state index in [0.717, 1.165) is 0 Å². The Morgan fingerprint density at radius 1 is 1.12 bits per heavy atom. The van der Waals surface area contributed by atoms with Gasteiger partial charge in [-0.1, -0.05) is 6.07 Å². The fourth-order valence-electron chi connectivity index (χ4n) is 2.58. The minimum Gasteiger partial charge on any atom is -0.394 e. The summed E-state index contributed by atoms with van der Waals surface area (Å²) in [6.07, 6.45) is 0.0140. The van der Waals surface area contributed by atoms with Gasteiger partial charge in [0.15, 0.2) is 0 Å². The van der Waals surface area contributed by atoms with Crippen LogP contribution in [0.3, 0.4) is 0 Å². The standard InChI is InChI=1S/C10H14N2.C6H14O6/c1-12-7-3-5-10(12)9-4-2-6-11-8-9;7-1-3(9)5(11)6(12)4(10)2-8/h2,4,6,8,10H,3,5,7H2,1H3;3-12H,1-2H2/t;3-,4-,5-,6-/m.1/s1. The minimum atomic E-state index is -1.67. The first kappa shape index (κ1) is 20.9. The number of hydrogen-bond donors (Lipinski definition) is 6. The Bertz CT molecular complexity index is 435. The van der Waals surface area contributed by atoms with Gasteiger partial charge in [-0.2, -0.15) is 0 Å². The van der Waals surface area contributed by atoms with Gasteiger partial charge in [-0.25, -0.2) is 0 Å². The molecule has 8 nitrogen and oxygen atoms in total. The summed E-state index contributed by atoms with van der Waals surface area (Å²) in [6, 6.07) is 4.79. The summed E-state index contributed by atoms with van der Waals surface area (Å²) in [7, 11) is 2.19. The van der Waals surface area contributed by atoms with E-state index in [0.29, 0.717) is 6.04 Å². The van der Waals surface area contributed by atoms with Gasteiger partial charge in [0.25, 0.3) is 0 Å². The summed E-state index contributed by atoms with van der Waals surface area (Å²) in [5.41, 5.74) is 1.36. The number of pyridine rings is 1. The smallest absolute Gasteiger partial charge is 0.111 e. The van der Waals surface area contributed by atoms with Crippen LogP contribution in [0.5, 0.6) is 0 Å². The van der Waals surface area contributed by atoms with Crippen LogP contribution in [0.2, 0.25) is 0 Å². The lowest BCUT2D eigenvalue weighted by atomic mass is 10.0. The fourth-order valence-corrected chi connectivity index (χ4v) is 2.58. The van der Waals surface area contributed by atoms with Crippen molar-refractivity contribution in [2.75, 3.05) is 26.8 Å². The van der Waals surface area contributed by atoms with Crippen molar-refractivity contribution in [2.24, 2.45) is 0 Å². The maximum atomic E-state index is 8.96. The maximum Gasteiger partial charge on any atom is 0.111 e. The predicted molar refractivity (Wildman–Crippen MR) is 87.0 cm³/mol. The first-order valence-corrected chi connectivity index (χ1v) is 7.96. The molecule has 2 heterocycles. The molecule has 24 heavy (non-hydrogen) atoms. The fraction of sp³-hybridized carbons (Fsp3) is 0.688. The Labute approximate surface area is 141 Å².